The summed E-state index contributed by atoms with van der Waals surface area (Å²) >= 11 is 11.9. The summed E-state index contributed by atoms with van der Waals surface area (Å²) in [7, 11) is 1.52. The second kappa shape index (κ2) is 22.5. The van der Waals surface area contributed by atoms with E-state index < -0.39 is 79.3 Å². The summed E-state index contributed by atoms with van der Waals surface area (Å²) in [5, 5.41) is 29.4. The molecule has 9 aliphatic rings. The van der Waals surface area contributed by atoms with E-state index in [4.69, 9.17) is 41.8 Å². The summed E-state index contributed by atoms with van der Waals surface area (Å²) in [4.78, 5) is 95.2. The highest BCUT2D eigenvalue weighted by Crippen LogP contribution is 2.73. The van der Waals surface area contributed by atoms with Crippen molar-refractivity contribution >= 4 is 58.4 Å². The van der Waals surface area contributed by atoms with Crippen molar-refractivity contribution in [1.29, 1.82) is 0 Å². The minimum atomic E-state index is -1.78. The lowest BCUT2D eigenvalue weighted by atomic mass is 9.46. The SMILES string of the molecule is C.C=C1N(c2ccccc2)C(=O)N2CC=C([C@@H]3C[C@@H](OC(=O)c4ccco4)[C@]4(C)[C@H](C)CC[C@]5(C[C@H](OC)C(=O)[C@]54O)[C@H]3C)CN12.C[C@@H]1CC[C@@]23C[C@H](C)C(=O)[C@@]2(O)[C@]1(C)[C@H](OC(=O)C(Cl)Cl)C[C@@H](C1=CCn2c(=O)n(-c4ccccc4)c(=O)n2C1)[C@@H]3C. The van der Waals surface area contributed by atoms with Gasteiger partial charge >= 0.3 is 29.3 Å². The van der Waals surface area contributed by atoms with Crippen LogP contribution in [0.25, 0.3) is 5.69 Å². The summed E-state index contributed by atoms with van der Waals surface area (Å²) < 4.78 is 27.5. The Hall–Kier alpha value is -6.51. The number of aromatic nitrogens is 3. The molecule has 3 aliphatic heterocycles. The lowest BCUT2D eigenvalue weighted by Crippen LogP contribution is -2.69. The number of urea groups is 1. The van der Waals surface area contributed by atoms with Crippen molar-refractivity contribution in [3.63, 3.8) is 0 Å². The van der Waals surface area contributed by atoms with Gasteiger partial charge in [-0.25, -0.2) is 47.8 Å². The number of ether oxygens (including phenoxy) is 3. The Bertz CT molecular complexity index is 3640. The standard InChI is InChI=1S/C35H41N3O7.C31H37Cl2N3O6.CH4/c1-21-13-15-34-19-28(43-5)30(39)35(34,42)33(21,4)29(45-31(40)27-12-9-17-44-27)18-26(22(34)2)24-14-16-36-32(41)38(23(3)37(36)20-24)25-10-7-6-8-11-25;1-17-15-30-12-10-18(2)29(4,31(30,41)24(17)37)23(42-26(38)25(32)33)14-22(19(30)3)20-11-13-34-27(39)36(28(40)35(34)16-20)21-8-6-5-7-9-21;/h6-12,14,17,21-22,26,28-29,42H,3,13,15-16,18-20H2,1-2,4-5H3;5-9,11,17-19,22-23,25,41H,10,12-16H2,1-4H3;1H4/t21-,22+,26-,28+,29-,33+,34+,35-;17-,18+,19-,22+,23+,29-,30-,31+;/m10./s1. The number of esters is 2. The van der Waals surface area contributed by atoms with Crippen molar-refractivity contribution in [2.45, 2.75) is 155 Å². The fourth-order valence-corrected chi connectivity index (χ4v) is 18.8. The number of amides is 2. The smallest absolute Gasteiger partial charge is 0.374 e. The number of halogens is 2. The summed E-state index contributed by atoms with van der Waals surface area (Å²) in [5.74, 6) is -2.74. The normalized spacial score (nSPS) is 37.2. The second-order valence-electron chi connectivity index (χ2n) is 26.7. The average Bonchev–Trinajstić information content (AvgIpc) is 1.47. The fraction of sp³-hybridized carbons (Fsp3) is 0.567. The predicted molar refractivity (Wildman–Crippen MR) is 329 cm³/mol. The minimum absolute atomic E-state index is 0. The maximum atomic E-state index is 14.3. The molecular weight excluding hydrogens is 1170 g/mol. The van der Waals surface area contributed by atoms with E-state index in [9.17, 15) is 43.8 Å². The molecule has 2 aromatic heterocycles. The predicted octanol–water partition coefficient (Wildman–Crippen LogP) is 9.68. The zero-order chi connectivity index (χ0) is 62.2. The van der Waals surface area contributed by atoms with Crippen molar-refractivity contribution < 1.29 is 52.8 Å². The highest BCUT2D eigenvalue weighted by molar-refractivity contribution is 6.52. The monoisotopic (exact) mass is 1250 g/mol. The van der Waals surface area contributed by atoms with E-state index in [-0.39, 0.29) is 85.3 Å². The van der Waals surface area contributed by atoms with Crippen LogP contribution in [0.5, 0.6) is 0 Å². The number of furan rings is 1. The van der Waals surface area contributed by atoms with Gasteiger partial charge in [0.15, 0.2) is 11.6 Å². The number of ketones is 2. The molecule has 2 aromatic carbocycles. The minimum Gasteiger partial charge on any atom is -0.460 e. The molecular formula is C67H82Cl2N6O13. The van der Waals surface area contributed by atoms with Crippen LogP contribution in [0.15, 0.2) is 129 Å². The van der Waals surface area contributed by atoms with Crippen LogP contribution < -0.4 is 16.3 Å². The van der Waals surface area contributed by atoms with Crippen LogP contribution in [0.1, 0.15) is 118 Å². The number of fused-ring (bicyclic) bond motifs is 2. The lowest BCUT2D eigenvalue weighted by Gasteiger charge is -2.60. The van der Waals surface area contributed by atoms with Crippen molar-refractivity contribution in [3.05, 3.63) is 141 Å². The largest absolute Gasteiger partial charge is 0.460 e. The Morgan fingerprint density at radius 2 is 1.22 bits per heavy atom. The van der Waals surface area contributed by atoms with E-state index in [1.165, 1.54) is 27.3 Å². The molecule has 472 valence electrons. The van der Waals surface area contributed by atoms with Gasteiger partial charge < -0.3 is 28.8 Å². The number of aliphatic hydroxyl groups is 2. The average molecular weight is 1250 g/mol. The number of hydrogen-bond donors (Lipinski definition) is 2. The second-order valence-corrected chi connectivity index (χ2v) is 27.8. The number of anilines is 1. The molecule has 6 aliphatic carbocycles. The zero-order valence-corrected chi connectivity index (χ0v) is 52.0. The molecule has 0 radical (unpaired) electrons. The van der Waals surface area contributed by atoms with Crippen molar-refractivity contribution in [2.75, 3.05) is 25.1 Å². The number of alkyl halides is 2. The van der Waals surface area contributed by atoms with Gasteiger partial charge in [-0.15, -0.1) is 0 Å². The number of Topliss-reactive ketones (excluding diaryl/α,β-unsaturated/α-hetero) is 2. The molecule has 19 nitrogen and oxygen atoms in total. The first kappa shape index (κ1) is 63.1. The number of hydrazine groups is 1. The topological polar surface area (TPSA) is 225 Å². The first-order valence-electron chi connectivity index (χ1n) is 30.6. The molecule has 4 bridgehead atoms. The molecule has 2 amide bonds. The van der Waals surface area contributed by atoms with E-state index in [0.29, 0.717) is 63.1 Å². The van der Waals surface area contributed by atoms with Gasteiger partial charge in [0.1, 0.15) is 35.3 Å². The molecule has 1 saturated heterocycles. The summed E-state index contributed by atoms with van der Waals surface area (Å²) in [5.41, 5.74) is -4.87. The van der Waals surface area contributed by atoms with E-state index >= 15 is 0 Å². The van der Waals surface area contributed by atoms with Gasteiger partial charge in [-0.1, -0.05) is 134 Å². The van der Waals surface area contributed by atoms with E-state index in [2.05, 4.69) is 26.5 Å². The highest BCUT2D eigenvalue weighted by atomic mass is 35.5. The first-order chi connectivity index (χ1) is 41.3. The molecule has 0 spiro atoms. The van der Waals surface area contributed by atoms with Crippen molar-refractivity contribution in [2.24, 2.45) is 63.1 Å². The molecule has 6 saturated carbocycles. The van der Waals surface area contributed by atoms with E-state index in [1.54, 1.807) is 46.3 Å². The van der Waals surface area contributed by atoms with Crippen LogP contribution in [0, 0.1) is 63.1 Å². The maximum absolute atomic E-state index is 14.3. The van der Waals surface area contributed by atoms with Crippen LogP contribution in [0.2, 0.25) is 0 Å². The highest BCUT2D eigenvalue weighted by Gasteiger charge is 2.80. The summed E-state index contributed by atoms with van der Waals surface area (Å²) in [6.07, 6.45) is 7.56. The Morgan fingerprint density at radius 3 is 1.78 bits per heavy atom. The lowest BCUT2D eigenvalue weighted by molar-refractivity contribution is -0.234. The summed E-state index contributed by atoms with van der Waals surface area (Å²) in [6, 6.07) is 21.3. The van der Waals surface area contributed by atoms with Gasteiger partial charge in [-0.3, -0.25) is 14.6 Å². The van der Waals surface area contributed by atoms with Crippen molar-refractivity contribution in [1.82, 2.24) is 23.9 Å². The zero-order valence-electron chi connectivity index (χ0n) is 50.5. The third-order valence-electron chi connectivity index (χ3n) is 23.8. The molecule has 0 unspecified atom stereocenters. The number of rotatable bonds is 9. The van der Waals surface area contributed by atoms with Crippen LogP contribution in [-0.2, 0) is 41.7 Å². The molecule has 4 aromatic rings. The number of para-hydroxylation sites is 2. The molecule has 7 fully saturated rings. The van der Waals surface area contributed by atoms with Gasteiger partial charge in [0.2, 0.25) is 10.6 Å². The number of carbonyl (C=O) groups excluding carboxylic acids is 5. The molecule has 88 heavy (non-hydrogen) atoms. The number of methoxy groups -OCH3 is 1. The van der Waals surface area contributed by atoms with Crippen molar-refractivity contribution in [3.8, 4) is 5.69 Å². The van der Waals surface area contributed by atoms with Crippen LogP contribution >= 0.6 is 23.2 Å². The molecule has 5 heterocycles. The molecule has 2 N–H and O–H groups in total. The number of nitrogens with zero attached hydrogens (tertiary/aromatic N) is 6. The van der Waals surface area contributed by atoms with Crippen LogP contribution in [0.3, 0.4) is 0 Å². The van der Waals surface area contributed by atoms with Gasteiger partial charge in [0, 0.05) is 34.7 Å². The third-order valence-corrected chi connectivity index (χ3v) is 24.1. The number of allylic oxidation sites excluding steroid dienone is 2. The van der Waals surface area contributed by atoms with Gasteiger partial charge in [0.05, 0.1) is 43.8 Å². The number of hydrogen-bond acceptors (Lipinski definition) is 14. The van der Waals surface area contributed by atoms with Crippen LogP contribution in [0.4, 0.5) is 10.5 Å². The molecule has 16 atom stereocenters. The molecule has 21 heteroatoms. The van der Waals surface area contributed by atoms with Gasteiger partial charge in [-0.2, -0.15) is 0 Å². The van der Waals surface area contributed by atoms with Gasteiger partial charge in [-0.05, 0) is 134 Å². The quantitative estimate of drug-likeness (QED) is 0.0904. The molecule has 13 rings (SSSR count). The maximum Gasteiger partial charge on any atom is 0.374 e. The summed E-state index contributed by atoms with van der Waals surface area (Å²) in [6.45, 7) is 19.3. The Balaban J connectivity index is 0.000000180. The fourth-order valence-electron chi connectivity index (χ4n) is 18.7. The number of benzene rings is 2. The Kier molecular flexibility index (Phi) is 16.1. The first-order valence-corrected chi connectivity index (χ1v) is 31.4. The number of carbonyl (C=O) groups is 5. The van der Waals surface area contributed by atoms with E-state index in [0.717, 1.165) is 29.7 Å². The Labute approximate surface area is 522 Å². The van der Waals surface area contributed by atoms with Gasteiger partial charge in [0.25, 0.3) is 0 Å². The van der Waals surface area contributed by atoms with E-state index in [1.807, 2.05) is 82.1 Å². The Morgan fingerprint density at radius 1 is 0.682 bits per heavy atom. The third kappa shape index (κ3) is 8.61. The van der Waals surface area contributed by atoms with Crippen LogP contribution in [-0.4, -0.2) is 118 Å².